The van der Waals surface area contributed by atoms with Gasteiger partial charge in [0.05, 0.1) is 11.4 Å². The molecule has 0 aliphatic carbocycles. The Balaban J connectivity index is 1.80. The maximum Gasteiger partial charge on any atom is 0.234 e. The van der Waals surface area contributed by atoms with Crippen LogP contribution in [0, 0.1) is 13.8 Å². The second-order valence-corrected chi connectivity index (χ2v) is 6.27. The van der Waals surface area contributed by atoms with Crippen molar-refractivity contribution >= 4 is 29.0 Å². The highest BCUT2D eigenvalue weighted by atomic mass is 32.2. The summed E-state index contributed by atoms with van der Waals surface area (Å²) in [5.74, 6) is 1.95. The topological polar surface area (TPSA) is 58.4 Å². The highest BCUT2D eigenvalue weighted by molar-refractivity contribution is 7.99. The number of carbonyl (C=O) groups excluding carboxylic acids is 1. The third-order valence-electron chi connectivity index (χ3n) is 3.33. The average Bonchev–Trinajstić information content (AvgIpc) is 2.79. The van der Waals surface area contributed by atoms with Crippen molar-refractivity contribution in [2.24, 2.45) is 0 Å². The zero-order valence-corrected chi connectivity index (χ0v) is 14.2. The van der Waals surface area contributed by atoms with Crippen LogP contribution in [0.3, 0.4) is 0 Å². The minimum absolute atomic E-state index is 0.00522. The highest BCUT2D eigenvalue weighted by Gasteiger charge is 2.10. The molecule has 118 valence electrons. The molecule has 0 spiro atoms. The summed E-state index contributed by atoms with van der Waals surface area (Å²) < 4.78 is 5.11. The maximum absolute atomic E-state index is 11.9. The standard InChI is InChI=1S/C16H21N3O2S/c1-11-15(12(2)21-18-11)9-22-10-16(20)17-13-5-7-14(8-6-13)19(3)4/h5-8H,9-10H2,1-4H3,(H,17,20). The third-order valence-corrected chi connectivity index (χ3v) is 4.29. The number of carbonyl (C=O) groups is 1. The summed E-state index contributed by atoms with van der Waals surface area (Å²) in [6, 6.07) is 7.78. The van der Waals surface area contributed by atoms with Crippen LogP contribution in [-0.2, 0) is 10.5 Å². The van der Waals surface area contributed by atoms with Gasteiger partial charge in [-0.1, -0.05) is 5.16 Å². The first-order valence-electron chi connectivity index (χ1n) is 7.04. The largest absolute Gasteiger partial charge is 0.378 e. The van der Waals surface area contributed by atoms with Crippen molar-refractivity contribution in [3.05, 3.63) is 41.3 Å². The van der Waals surface area contributed by atoms with Crippen LogP contribution >= 0.6 is 11.8 Å². The lowest BCUT2D eigenvalue weighted by Gasteiger charge is -2.13. The summed E-state index contributed by atoms with van der Waals surface area (Å²) in [6.45, 7) is 3.81. The lowest BCUT2D eigenvalue weighted by atomic mass is 10.2. The molecular weight excluding hydrogens is 298 g/mol. The Kier molecular flexibility index (Phi) is 5.49. The zero-order chi connectivity index (χ0) is 16.1. The number of aryl methyl sites for hydroxylation is 2. The number of hydrogen-bond acceptors (Lipinski definition) is 5. The number of benzene rings is 1. The molecule has 22 heavy (non-hydrogen) atoms. The molecule has 2 aromatic rings. The van der Waals surface area contributed by atoms with Gasteiger partial charge in [0, 0.05) is 36.8 Å². The molecule has 1 N–H and O–H groups in total. The number of nitrogens with zero attached hydrogens (tertiary/aromatic N) is 2. The fraction of sp³-hybridized carbons (Fsp3) is 0.375. The van der Waals surface area contributed by atoms with Crippen molar-refractivity contribution in [2.45, 2.75) is 19.6 Å². The molecule has 5 nitrogen and oxygen atoms in total. The minimum atomic E-state index is -0.00522. The minimum Gasteiger partial charge on any atom is -0.378 e. The van der Waals surface area contributed by atoms with Crippen molar-refractivity contribution in [3.8, 4) is 0 Å². The van der Waals surface area contributed by atoms with E-state index in [1.54, 1.807) is 11.8 Å². The van der Waals surface area contributed by atoms with Crippen molar-refractivity contribution in [2.75, 3.05) is 30.1 Å². The molecule has 0 saturated carbocycles. The van der Waals surface area contributed by atoms with Crippen LogP contribution < -0.4 is 10.2 Å². The van der Waals surface area contributed by atoms with Crippen LogP contribution in [-0.4, -0.2) is 30.9 Å². The fourth-order valence-electron chi connectivity index (χ4n) is 1.99. The molecular formula is C16H21N3O2S. The van der Waals surface area contributed by atoms with E-state index in [9.17, 15) is 4.79 Å². The Hall–Kier alpha value is -1.95. The molecule has 0 aliphatic heterocycles. The third kappa shape index (κ3) is 4.27. The van der Waals surface area contributed by atoms with Gasteiger partial charge in [-0.2, -0.15) is 0 Å². The van der Waals surface area contributed by atoms with Gasteiger partial charge >= 0.3 is 0 Å². The molecule has 0 radical (unpaired) electrons. The van der Waals surface area contributed by atoms with Gasteiger partial charge in [0.15, 0.2) is 0 Å². The zero-order valence-electron chi connectivity index (χ0n) is 13.3. The SMILES string of the molecule is Cc1noc(C)c1CSCC(=O)Nc1ccc(N(C)C)cc1. The Morgan fingerprint density at radius 3 is 2.50 bits per heavy atom. The molecule has 0 atom stereocenters. The Bertz CT molecular complexity index is 616. The average molecular weight is 319 g/mol. The number of aromatic nitrogens is 1. The molecule has 1 amide bonds. The number of anilines is 2. The molecule has 0 bridgehead atoms. The highest BCUT2D eigenvalue weighted by Crippen LogP contribution is 2.20. The Labute approximate surface area is 135 Å². The quantitative estimate of drug-likeness (QED) is 0.886. The molecule has 2 rings (SSSR count). The van der Waals surface area contributed by atoms with Crippen LogP contribution in [0.4, 0.5) is 11.4 Å². The van der Waals surface area contributed by atoms with E-state index in [1.807, 2.05) is 57.1 Å². The molecule has 1 aromatic heterocycles. The predicted octanol–water partition coefficient (Wildman–Crippen LogP) is 3.23. The molecule has 0 saturated heterocycles. The van der Waals surface area contributed by atoms with E-state index in [0.717, 1.165) is 34.1 Å². The number of rotatable bonds is 6. The van der Waals surface area contributed by atoms with Crippen LogP contribution in [0.2, 0.25) is 0 Å². The smallest absolute Gasteiger partial charge is 0.234 e. The number of hydrogen-bond donors (Lipinski definition) is 1. The molecule has 1 heterocycles. The van der Waals surface area contributed by atoms with Crippen LogP contribution in [0.15, 0.2) is 28.8 Å². The first-order valence-corrected chi connectivity index (χ1v) is 8.19. The fourth-order valence-corrected chi connectivity index (χ4v) is 2.97. The Morgan fingerprint density at radius 2 is 1.95 bits per heavy atom. The summed E-state index contributed by atoms with van der Waals surface area (Å²) in [5.41, 5.74) is 3.89. The Morgan fingerprint density at radius 1 is 1.27 bits per heavy atom. The van der Waals surface area contributed by atoms with Gasteiger partial charge in [-0.25, -0.2) is 0 Å². The maximum atomic E-state index is 11.9. The van der Waals surface area contributed by atoms with E-state index in [0.29, 0.717) is 5.75 Å². The van der Waals surface area contributed by atoms with Crippen LogP contribution in [0.25, 0.3) is 0 Å². The summed E-state index contributed by atoms with van der Waals surface area (Å²) in [4.78, 5) is 14.0. The second kappa shape index (κ2) is 7.35. The molecule has 0 fully saturated rings. The van der Waals surface area contributed by atoms with Gasteiger partial charge in [-0.05, 0) is 38.1 Å². The van der Waals surface area contributed by atoms with Crippen molar-refractivity contribution in [1.29, 1.82) is 0 Å². The lowest BCUT2D eigenvalue weighted by molar-refractivity contribution is -0.113. The van der Waals surface area contributed by atoms with E-state index >= 15 is 0 Å². The van der Waals surface area contributed by atoms with E-state index < -0.39 is 0 Å². The number of nitrogens with one attached hydrogen (secondary N) is 1. The summed E-state index contributed by atoms with van der Waals surface area (Å²) >= 11 is 1.55. The van der Waals surface area contributed by atoms with Crippen molar-refractivity contribution in [3.63, 3.8) is 0 Å². The van der Waals surface area contributed by atoms with Gasteiger partial charge in [0.2, 0.25) is 5.91 Å². The van der Waals surface area contributed by atoms with Crippen molar-refractivity contribution < 1.29 is 9.32 Å². The summed E-state index contributed by atoms with van der Waals surface area (Å²) in [5, 5.41) is 6.81. The summed E-state index contributed by atoms with van der Waals surface area (Å²) in [6.07, 6.45) is 0. The second-order valence-electron chi connectivity index (χ2n) is 5.29. The van der Waals surface area contributed by atoms with E-state index in [2.05, 4.69) is 10.5 Å². The van der Waals surface area contributed by atoms with Gasteiger partial charge in [-0.15, -0.1) is 11.8 Å². The van der Waals surface area contributed by atoms with E-state index in [4.69, 9.17) is 4.52 Å². The number of amides is 1. The van der Waals surface area contributed by atoms with Crippen LogP contribution in [0.1, 0.15) is 17.0 Å². The van der Waals surface area contributed by atoms with Gasteiger partial charge in [0.1, 0.15) is 5.76 Å². The van der Waals surface area contributed by atoms with Gasteiger partial charge < -0.3 is 14.7 Å². The van der Waals surface area contributed by atoms with Crippen LogP contribution in [0.5, 0.6) is 0 Å². The normalized spacial score (nSPS) is 10.5. The molecule has 1 aromatic carbocycles. The van der Waals surface area contributed by atoms with Gasteiger partial charge in [0.25, 0.3) is 0 Å². The molecule has 6 heteroatoms. The first-order chi connectivity index (χ1) is 10.5. The lowest BCUT2D eigenvalue weighted by Crippen LogP contribution is -2.14. The monoisotopic (exact) mass is 319 g/mol. The van der Waals surface area contributed by atoms with Crippen molar-refractivity contribution in [1.82, 2.24) is 5.16 Å². The van der Waals surface area contributed by atoms with Gasteiger partial charge in [-0.3, -0.25) is 4.79 Å². The predicted molar refractivity (Wildman–Crippen MR) is 91.5 cm³/mol. The summed E-state index contributed by atoms with van der Waals surface area (Å²) in [7, 11) is 3.97. The van der Waals surface area contributed by atoms with E-state index in [-0.39, 0.29) is 5.91 Å². The molecule has 0 aliphatic rings. The number of thioether (sulfide) groups is 1. The molecule has 0 unspecified atom stereocenters. The first kappa shape index (κ1) is 16.4. The van der Waals surface area contributed by atoms with E-state index in [1.165, 1.54) is 0 Å².